The Morgan fingerprint density at radius 3 is 2.88 bits per heavy atom. The summed E-state index contributed by atoms with van der Waals surface area (Å²) >= 11 is 0. The molecule has 1 atom stereocenters. The third-order valence-electron chi connectivity index (χ3n) is 5.66. The van der Waals surface area contributed by atoms with Crippen LogP contribution in [0.3, 0.4) is 0 Å². The normalized spacial score (nSPS) is 24.7. The van der Waals surface area contributed by atoms with Crippen molar-refractivity contribution in [2.75, 3.05) is 26.2 Å². The van der Waals surface area contributed by atoms with E-state index in [-0.39, 0.29) is 11.3 Å². The average Bonchev–Trinajstić information content (AvgIpc) is 3.01. The fourth-order valence-corrected chi connectivity index (χ4v) is 4.22. The molecule has 0 bridgehead atoms. The van der Waals surface area contributed by atoms with Gasteiger partial charge in [-0.3, -0.25) is 9.59 Å². The van der Waals surface area contributed by atoms with Crippen molar-refractivity contribution in [1.29, 1.82) is 0 Å². The summed E-state index contributed by atoms with van der Waals surface area (Å²) in [5.41, 5.74) is 1.81. The molecule has 0 saturated carbocycles. The van der Waals surface area contributed by atoms with Crippen molar-refractivity contribution in [3.05, 3.63) is 23.5 Å². The third kappa shape index (κ3) is 3.35. The molecule has 1 aromatic heterocycles. The van der Waals surface area contributed by atoms with Gasteiger partial charge in [-0.1, -0.05) is 13.3 Å². The number of nitrogens with one attached hydrogen (secondary N) is 1. The van der Waals surface area contributed by atoms with E-state index in [2.05, 4.69) is 11.9 Å². The number of rotatable bonds is 4. The summed E-state index contributed by atoms with van der Waals surface area (Å²) in [7, 11) is 0. The van der Waals surface area contributed by atoms with Crippen molar-refractivity contribution in [2.24, 2.45) is 5.41 Å². The van der Waals surface area contributed by atoms with E-state index in [4.69, 9.17) is 0 Å². The highest BCUT2D eigenvalue weighted by Crippen LogP contribution is 2.39. The number of carbonyl (C=O) groups is 2. The Labute approximate surface area is 144 Å². The second-order valence-corrected chi connectivity index (χ2v) is 7.52. The van der Waals surface area contributed by atoms with Crippen LogP contribution < -0.4 is 0 Å². The first-order valence-electron chi connectivity index (χ1n) is 9.26. The molecule has 1 aromatic rings. The molecule has 3 heterocycles. The molecule has 2 saturated heterocycles. The molecule has 0 aromatic carbocycles. The zero-order valence-corrected chi connectivity index (χ0v) is 14.9. The molecule has 1 N–H and O–H groups in total. The van der Waals surface area contributed by atoms with Crippen LogP contribution in [0.1, 0.15) is 61.5 Å². The number of aryl methyl sites for hydroxylation is 1. The summed E-state index contributed by atoms with van der Waals surface area (Å²) in [6.07, 6.45) is 7.71. The Hall–Kier alpha value is -1.78. The molecule has 3 rings (SSSR count). The van der Waals surface area contributed by atoms with E-state index in [1.54, 1.807) is 0 Å². The Morgan fingerprint density at radius 1 is 1.33 bits per heavy atom. The lowest BCUT2D eigenvalue weighted by Crippen LogP contribution is -2.55. The highest BCUT2D eigenvalue weighted by atomic mass is 16.2. The molecule has 24 heavy (non-hydrogen) atoms. The first-order valence-corrected chi connectivity index (χ1v) is 9.26. The van der Waals surface area contributed by atoms with E-state index in [0.717, 1.165) is 69.5 Å². The van der Waals surface area contributed by atoms with Gasteiger partial charge in [0.2, 0.25) is 5.91 Å². The van der Waals surface area contributed by atoms with Gasteiger partial charge in [0.25, 0.3) is 5.91 Å². The van der Waals surface area contributed by atoms with Gasteiger partial charge in [0, 0.05) is 49.9 Å². The number of nitrogens with zero attached hydrogens (tertiary/aromatic N) is 2. The number of aromatic amines is 1. The topological polar surface area (TPSA) is 56.4 Å². The Balaban J connectivity index is 1.71. The van der Waals surface area contributed by atoms with Gasteiger partial charge in [-0.2, -0.15) is 0 Å². The minimum atomic E-state index is 0.0970. The zero-order valence-electron chi connectivity index (χ0n) is 14.9. The standard InChI is InChI=1S/C19H29N3O2/c1-3-4-11-21-13-19(9-6-17(21)23)8-5-12-22(14-19)18(24)16-7-10-20-15(16)2/h7,10,20H,3-6,8-9,11-14H2,1-2H3/t19-/m0/s1. The molecule has 5 nitrogen and oxygen atoms in total. The molecule has 2 fully saturated rings. The molecular weight excluding hydrogens is 302 g/mol. The number of likely N-dealkylation sites (tertiary alicyclic amines) is 2. The molecule has 1 spiro atoms. The first-order chi connectivity index (χ1) is 11.5. The molecule has 0 unspecified atom stereocenters. The van der Waals surface area contributed by atoms with Gasteiger partial charge in [-0.15, -0.1) is 0 Å². The lowest BCUT2D eigenvalue weighted by molar-refractivity contribution is -0.139. The summed E-state index contributed by atoms with van der Waals surface area (Å²) in [4.78, 5) is 32.2. The Bertz CT molecular complexity index is 610. The molecule has 5 heteroatoms. The largest absolute Gasteiger partial charge is 0.365 e. The van der Waals surface area contributed by atoms with Crippen LogP contribution in [0.15, 0.2) is 12.3 Å². The van der Waals surface area contributed by atoms with Gasteiger partial charge < -0.3 is 14.8 Å². The van der Waals surface area contributed by atoms with Crippen LogP contribution in [0.4, 0.5) is 0 Å². The van der Waals surface area contributed by atoms with Crippen molar-refractivity contribution < 1.29 is 9.59 Å². The summed E-state index contributed by atoms with van der Waals surface area (Å²) in [6, 6.07) is 1.87. The molecule has 0 radical (unpaired) electrons. The van der Waals surface area contributed by atoms with E-state index in [1.165, 1.54) is 0 Å². The molecule has 2 aliphatic heterocycles. The monoisotopic (exact) mass is 331 g/mol. The molecule has 132 valence electrons. The average molecular weight is 331 g/mol. The number of unbranched alkanes of at least 4 members (excludes halogenated alkanes) is 1. The Kier molecular flexibility index (Phi) is 4.97. The maximum Gasteiger partial charge on any atom is 0.255 e. The second-order valence-electron chi connectivity index (χ2n) is 7.52. The highest BCUT2D eigenvalue weighted by Gasteiger charge is 2.42. The van der Waals surface area contributed by atoms with Crippen molar-refractivity contribution in [1.82, 2.24) is 14.8 Å². The van der Waals surface area contributed by atoms with Crippen LogP contribution in [-0.2, 0) is 4.79 Å². The maximum absolute atomic E-state index is 12.9. The summed E-state index contributed by atoms with van der Waals surface area (Å²) in [6.45, 7) is 7.40. The van der Waals surface area contributed by atoms with Crippen molar-refractivity contribution >= 4 is 11.8 Å². The maximum atomic E-state index is 12.9. The minimum absolute atomic E-state index is 0.0970. The van der Waals surface area contributed by atoms with Crippen molar-refractivity contribution in [3.63, 3.8) is 0 Å². The molecule has 2 aliphatic rings. The number of carbonyl (C=O) groups excluding carboxylic acids is 2. The molecule has 0 aliphatic carbocycles. The summed E-state index contributed by atoms with van der Waals surface area (Å²) < 4.78 is 0. The van der Waals surface area contributed by atoms with Crippen LogP contribution >= 0.6 is 0 Å². The van der Waals surface area contributed by atoms with Crippen molar-refractivity contribution in [2.45, 2.75) is 52.4 Å². The quantitative estimate of drug-likeness (QED) is 0.922. The summed E-state index contributed by atoms with van der Waals surface area (Å²) in [5.74, 6) is 0.420. The third-order valence-corrected chi connectivity index (χ3v) is 5.66. The summed E-state index contributed by atoms with van der Waals surface area (Å²) in [5, 5.41) is 0. The molecular formula is C19H29N3O2. The van der Waals surface area contributed by atoms with Crippen LogP contribution in [0.2, 0.25) is 0 Å². The van der Waals surface area contributed by atoms with Gasteiger partial charge in [0.05, 0.1) is 5.56 Å². The number of hydrogen-bond acceptors (Lipinski definition) is 2. The second kappa shape index (κ2) is 6.99. The highest BCUT2D eigenvalue weighted by molar-refractivity contribution is 5.95. The van der Waals surface area contributed by atoms with Crippen LogP contribution in [0.5, 0.6) is 0 Å². The van der Waals surface area contributed by atoms with Gasteiger partial charge in [0.1, 0.15) is 0 Å². The fourth-order valence-electron chi connectivity index (χ4n) is 4.22. The number of aromatic nitrogens is 1. The number of hydrogen-bond donors (Lipinski definition) is 1. The van der Waals surface area contributed by atoms with Gasteiger partial charge >= 0.3 is 0 Å². The fraction of sp³-hybridized carbons (Fsp3) is 0.684. The first kappa shape index (κ1) is 17.1. The van der Waals surface area contributed by atoms with Crippen LogP contribution in [0.25, 0.3) is 0 Å². The number of piperidine rings is 2. The lowest BCUT2D eigenvalue weighted by atomic mass is 9.73. The van der Waals surface area contributed by atoms with Gasteiger partial charge in [-0.25, -0.2) is 0 Å². The van der Waals surface area contributed by atoms with E-state index in [9.17, 15) is 9.59 Å². The SMILES string of the molecule is CCCCN1C[C@]2(CCCN(C(=O)c3cc[nH]c3C)C2)CCC1=O. The van der Waals surface area contributed by atoms with Crippen molar-refractivity contribution in [3.8, 4) is 0 Å². The van der Waals surface area contributed by atoms with Gasteiger partial charge in [0.15, 0.2) is 0 Å². The number of amides is 2. The van der Waals surface area contributed by atoms with E-state index in [0.29, 0.717) is 12.3 Å². The van der Waals surface area contributed by atoms with Crippen LogP contribution in [-0.4, -0.2) is 52.8 Å². The Morgan fingerprint density at radius 2 is 2.17 bits per heavy atom. The predicted octanol–water partition coefficient (Wildman–Crippen LogP) is 2.97. The van der Waals surface area contributed by atoms with E-state index in [1.807, 2.05) is 29.0 Å². The van der Waals surface area contributed by atoms with Crippen LogP contribution in [0, 0.1) is 12.3 Å². The van der Waals surface area contributed by atoms with E-state index >= 15 is 0 Å². The van der Waals surface area contributed by atoms with Gasteiger partial charge in [-0.05, 0) is 38.7 Å². The smallest absolute Gasteiger partial charge is 0.255 e. The zero-order chi connectivity index (χ0) is 17.2. The molecule has 2 amide bonds. The predicted molar refractivity (Wildman–Crippen MR) is 93.8 cm³/mol. The number of H-pyrrole nitrogens is 1. The van der Waals surface area contributed by atoms with E-state index < -0.39 is 0 Å². The minimum Gasteiger partial charge on any atom is -0.365 e. The lowest BCUT2D eigenvalue weighted by Gasteiger charge is -2.48.